The number of carbonyl (C=O) groups excluding carboxylic acids is 2. The number of hydrogen-bond donors (Lipinski definition) is 4. The number of hydrogen-bond acceptors (Lipinski definition) is 11. The Bertz CT molecular complexity index is 2070. The van der Waals surface area contributed by atoms with Crippen molar-refractivity contribution in [3.05, 3.63) is 120 Å². The molecule has 13 heteroatoms. The van der Waals surface area contributed by atoms with E-state index in [1.165, 1.54) is 4.80 Å². The third kappa shape index (κ3) is 6.38. The van der Waals surface area contributed by atoms with Gasteiger partial charge in [0, 0.05) is 11.1 Å². The molecule has 5 atom stereocenters. The Hall–Kier alpha value is -5.63. The van der Waals surface area contributed by atoms with Crippen molar-refractivity contribution in [2.24, 2.45) is 0 Å². The second-order valence-electron chi connectivity index (χ2n) is 13.9. The molecule has 266 valence electrons. The second-order valence-corrected chi connectivity index (χ2v) is 13.9. The van der Waals surface area contributed by atoms with E-state index >= 15 is 0 Å². The third-order valence-electron chi connectivity index (χ3n) is 10.3. The number of rotatable bonds is 10. The van der Waals surface area contributed by atoms with Crippen molar-refractivity contribution >= 4 is 17.5 Å². The Balaban J connectivity index is 0.870. The number of nitrogens with one attached hydrogen (secondary N) is 2. The van der Waals surface area contributed by atoms with Gasteiger partial charge in [-0.15, -0.1) is 4.80 Å². The number of amides is 2. The minimum Gasteiger partial charge on any atom is -0.488 e. The summed E-state index contributed by atoms with van der Waals surface area (Å²) in [5, 5.41) is 34.5. The first-order valence-corrected chi connectivity index (χ1v) is 17.4. The molecule has 0 radical (unpaired) electrons. The third-order valence-corrected chi connectivity index (χ3v) is 10.3. The molecule has 3 unspecified atom stereocenters. The molecular formula is C39H39N7O6. The predicted octanol–water partition coefficient (Wildman–Crippen LogP) is 4.79. The fraction of sp³-hybridized carbons (Fsp3) is 0.308. The molecule has 2 amide bonds. The number of anilines is 1. The lowest BCUT2D eigenvalue weighted by atomic mass is 9.78. The van der Waals surface area contributed by atoms with E-state index in [4.69, 9.17) is 9.47 Å². The average Bonchev–Trinajstić information content (AvgIpc) is 3.77. The number of piperidine rings is 1. The Morgan fingerprint density at radius 3 is 2.10 bits per heavy atom. The molecule has 52 heavy (non-hydrogen) atoms. The summed E-state index contributed by atoms with van der Waals surface area (Å²) in [5.74, 6) is 1.83. The standard InChI is InChI=1S/C39H39N7O6/c1-39(2,23-3-8-26(9-4-23)51-28-12-17-34(40-22-28)46-41-19-20-42-46)24-5-10-27(11-6-24)52-33-16-14-31(33)43-25-7-13-29-30(21-25)38(50)45(37(29)49)32-15-18-35(47)44-36(32)48/h3-13,17,19-22,31-33,35-36,43-44,47-48H,14-16,18H2,1-2H3/t31-,32?,33-,35?,36?/m1/s1. The zero-order valence-corrected chi connectivity index (χ0v) is 28.7. The number of pyridine rings is 1. The minimum atomic E-state index is -1.19. The van der Waals surface area contributed by atoms with Gasteiger partial charge in [0.25, 0.3) is 11.8 Å². The van der Waals surface area contributed by atoms with Crippen molar-refractivity contribution in [1.82, 2.24) is 30.2 Å². The van der Waals surface area contributed by atoms with Crippen LogP contribution in [0.15, 0.2) is 97.5 Å². The van der Waals surface area contributed by atoms with E-state index in [1.807, 2.05) is 30.3 Å². The summed E-state index contributed by atoms with van der Waals surface area (Å²) >= 11 is 0. The van der Waals surface area contributed by atoms with E-state index in [2.05, 4.69) is 63.9 Å². The maximum Gasteiger partial charge on any atom is 0.262 e. The summed E-state index contributed by atoms with van der Waals surface area (Å²) < 4.78 is 12.4. The summed E-state index contributed by atoms with van der Waals surface area (Å²) in [6.45, 7) is 4.37. The zero-order chi connectivity index (χ0) is 36.0. The summed E-state index contributed by atoms with van der Waals surface area (Å²) in [4.78, 5) is 33.4. The molecule has 0 spiro atoms. The Morgan fingerprint density at radius 2 is 1.46 bits per heavy atom. The van der Waals surface area contributed by atoms with Crippen molar-refractivity contribution in [2.45, 2.75) is 75.6 Å². The summed E-state index contributed by atoms with van der Waals surface area (Å²) in [5.41, 5.74) is 3.35. The van der Waals surface area contributed by atoms with E-state index in [-0.39, 0.29) is 17.6 Å². The van der Waals surface area contributed by atoms with Crippen molar-refractivity contribution < 1.29 is 29.3 Å². The second kappa shape index (κ2) is 13.5. The lowest BCUT2D eigenvalue weighted by Crippen LogP contribution is -2.58. The highest BCUT2D eigenvalue weighted by atomic mass is 16.5. The Kier molecular flexibility index (Phi) is 8.69. The summed E-state index contributed by atoms with van der Waals surface area (Å²) in [6, 6.07) is 24.3. The van der Waals surface area contributed by atoms with Gasteiger partial charge in [0.2, 0.25) is 0 Å². The maximum atomic E-state index is 13.3. The van der Waals surface area contributed by atoms with E-state index in [9.17, 15) is 19.8 Å². The van der Waals surface area contributed by atoms with E-state index < -0.39 is 30.3 Å². The summed E-state index contributed by atoms with van der Waals surface area (Å²) in [6.07, 6.45) is 5.16. The molecule has 2 aromatic heterocycles. The molecule has 2 aliphatic heterocycles. The highest BCUT2D eigenvalue weighted by Crippen LogP contribution is 2.36. The van der Waals surface area contributed by atoms with Gasteiger partial charge in [-0.3, -0.25) is 19.8 Å². The molecule has 8 rings (SSSR count). The molecule has 1 saturated carbocycles. The average molecular weight is 702 g/mol. The van der Waals surface area contributed by atoms with Gasteiger partial charge >= 0.3 is 0 Å². The van der Waals surface area contributed by atoms with Crippen molar-refractivity contribution in [1.29, 1.82) is 0 Å². The first-order chi connectivity index (χ1) is 25.1. The maximum absolute atomic E-state index is 13.3. The molecular weight excluding hydrogens is 662 g/mol. The number of benzene rings is 3. The van der Waals surface area contributed by atoms with Gasteiger partial charge in [0.15, 0.2) is 5.82 Å². The monoisotopic (exact) mass is 701 g/mol. The predicted molar refractivity (Wildman–Crippen MR) is 190 cm³/mol. The number of ether oxygens (including phenoxy) is 2. The van der Waals surface area contributed by atoms with Gasteiger partial charge in [-0.2, -0.15) is 10.2 Å². The van der Waals surface area contributed by atoms with Crippen LogP contribution in [0, 0.1) is 0 Å². The molecule has 2 fully saturated rings. The first kappa shape index (κ1) is 33.5. The number of aliphatic hydroxyl groups is 2. The van der Waals surface area contributed by atoms with Crippen LogP contribution >= 0.6 is 0 Å². The molecule has 1 aliphatic carbocycles. The van der Waals surface area contributed by atoms with Crippen LogP contribution in [0.4, 0.5) is 5.69 Å². The van der Waals surface area contributed by atoms with Crippen LogP contribution in [0.5, 0.6) is 17.2 Å². The van der Waals surface area contributed by atoms with Crippen LogP contribution in [-0.4, -0.2) is 77.5 Å². The number of aromatic nitrogens is 4. The lowest BCUT2D eigenvalue weighted by Gasteiger charge is -2.38. The van der Waals surface area contributed by atoms with Gasteiger partial charge in [-0.25, -0.2) is 4.98 Å². The number of carbonyl (C=O) groups is 2. The van der Waals surface area contributed by atoms with Crippen LogP contribution in [0.3, 0.4) is 0 Å². The van der Waals surface area contributed by atoms with Crippen molar-refractivity contribution in [3.8, 4) is 23.1 Å². The Labute approximate surface area is 300 Å². The van der Waals surface area contributed by atoms with Gasteiger partial charge in [0.05, 0.1) is 41.8 Å². The topological polar surface area (TPSA) is 164 Å². The van der Waals surface area contributed by atoms with Gasteiger partial charge in [-0.05, 0) is 91.4 Å². The highest BCUT2D eigenvalue weighted by Gasteiger charge is 2.44. The molecule has 0 bridgehead atoms. The van der Waals surface area contributed by atoms with Crippen molar-refractivity contribution in [2.75, 3.05) is 5.32 Å². The van der Waals surface area contributed by atoms with Crippen LogP contribution in [-0.2, 0) is 5.41 Å². The lowest BCUT2D eigenvalue weighted by molar-refractivity contribution is -0.0413. The molecule has 3 aliphatic rings. The first-order valence-electron chi connectivity index (χ1n) is 17.4. The molecule has 4 heterocycles. The molecule has 4 N–H and O–H groups in total. The molecule has 5 aromatic rings. The van der Waals surface area contributed by atoms with Crippen LogP contribution in [0.25, 0.3) is 5.82 Å². The van der Waals surface area contributed by atoms with Gasteiger partial charge in [0.1, 0.15) is 35.8 Å². The minimum absolute atomic E-state index is 0.0335. The van der Waals surface area contributed by atoms with Crippen LogP contribution in [0.1, 0.15) is 71.4 Å². The molecule has 13 nitrogen and oxygen atoms in total. The van der Waals surface area contributed by atoms with E-state index in [0.717, 1.165) is 40.3 Å². The molecule has 3 aromatic carbocycles. The number of nitrogens with zero attached hydrogens (tertiary/aromatic N) is 5. The number of imide groups is 1. The number of aliphatic hydroxyl groups excluding tert-OH is 2. The van der Waals surface area contributed by atoms with E-state index in [1.54, 1.807) is 42.9 Å². The highest BCUT2D eigenvalue weighted by molar-refractivity contribution is 6.22. The van der Waals surface area contributed by atoms with Crippen LogP contribution < -0.4 is 20.1 Å². The largest absolute Gasteiger partial charge is 0.488 e. The zero-order valence-electron chi connectivity index (χ0n) is 28.7. The van der Waals surface area contributed by atoms with Crippen LogP contribution in [0.2, 0.25) is 0 Å². The summed E-state index contributed by atoms with van der Waals surface area (Å²) in [7, 11) is 0. The van der Waals surface area contributed by atoms with Gasteiger partial charge < -0.3 is 25.0 Å². The normalized spacial score (nSPS) is 22.8. The quantitative estimate of drug-likeness (QED) is 0.148. The Morgan fingerprint density at radius 1 is 0.788 bits per heavy atom. The fourth-order valence-electron chi connectivity index (χ4n) is 7.04. The molecule has 1 saturated heterocycles. The fourth-order valence-corrected chi connectivity index (χ4v) is 7.04. The van der Waals surface area contributed by atoms with E-state index in [0.29, 0.717) is 41.3 Å². The number of fused-ring (bicyclic) bond motifs is 1. The smallest absolute Gasteiger partial charge is 0.262 e. The van der Waals surface area contributed by atoms with Crippen molar-refractivity contribution in [3.63, 3.8) is 0 Å². The van der Waals surface area contributed by atoms with Gasteiger partial charge in [-0.1, -0.05) is 38.1 Å². The SMILES string of the molecule is CC(C)(c1ccc(Oc2ccc(-n3nccn3)nc2)cc1)c1ccc(O[C@@H]2CC[C@H]2Nc2ccc3c(c2)C(=O)N(C2CCC(O)NC2O)C3=O)cc1.